The molecule has 1 saturated heterocycles. The number of carbonyl (C=O) groups is 1. The number of aryl methyl sites for hydroxylation is 1. The van der Waals surface area contributed by atoms with Crippen molar-refractivity contribution in [2.24, 2.45) is 0 Å². The third-order valence-corrected chi connectivity index (χ3v) is 6.09. The van der Waals surface area contributed by atoms with Gasteiger partial charge in [0.2, 0.25) is 5.91 Å². The van der Waals surface area contributed by atoms with Crippen LogP contribution in [0.1, 0.15) is 31.7 Å². The second-order valence-corrected chi connectivity index (χ2v) is 7.86. The molecule has 0 radical (unpaired) electrons. The summed E-state index contributed by atoms with van der Waals surface area (Å²) >= 11 is 0. The van der Waals surface area contributed by atoms with Crippen molar-refractivity contribution in [1.29, 1.82) is 0 Å². The molecule has 1 atom stereocenters. The molecule has 0 saturated carbocycles. The van der Waals surface area contributed by atoms with Crippen LogP contribution in [0, 0.1) is 6.92 Å². The fourth-order valence-corrected chi connectivity index (χ4v) is 3.95. The second-order valence-electron chi connectivity index (χ2n) is 5.59. The van der Waals surface area contributed by atoms with E-state index >= 15 is 0 Å². The quantitative estimate of drug-likeness (QED) is 0.863. The standard InChI is InChI=1S/C15H22N2O3S/c1-11-10-13(6-7-14(11)16)21(19,20)12(2)15(18)17-8-4-3-5-9-17/h6-7,10,12H,3-5,8-9,16H2,1-2H3. The summed E-state index contributed by atoms with van der Waals surface area (Å²) in [6.07, 6.45) is 2.99. The lowest BCUT2D eigenvalue weighted by atomic mass is 10.1. The number of hydrogen-bond acceptors (Lipinski definition) is 4. The largest absolute Gasteiger partial charge is 0.399 e. The summed E-state index contributed by atoms with van der Waals surface area (Å²) in [7, 11) is -3.67. The van der Waals surface area contributed by atoms with E-state index in [1.165, 1.54) is 19.1 Å². The molecule has 1 heterocycles. The molecule has 1 aliphatic rings. The number of nitrogens with two attached hydrogens (primary N) is 1. The first-order chi connectivity index (χ1) is 9.84. The van der Waals surface area contributed by atoms with E-state index in [0.29, 0.717) is 24.3 Å². The maximum Gasteiger partial charge on any atom is 0.241 e. The number of hydrogen-bond donors (Lipinski definition) is 1. The highest BCUT2D eigenvalue weighted by molar-refractivity contribution is 7.92. The molecule has 1 unspecified atom stereocenters. The third kappa shape index (κ3) is 3.20. The maximum atomic E-state index is 12.6. The van der Waals surface area contributed by atoms with E-state index in [2.05, 4.69) is 0 Å². The highest BCUT2D eigenvalue weighted by atomic mass is 32.2. The van der Waals surface area contributed by atoms with Crippen molar-refractivity contribution in [3.05, 3.63) is 23.8 Å². The number of benzene rings is 1. The molecule has 21 heavy (non-hydrogen) atoms. The Balaban J connectivity index is 2.25. The molecule has 116 valence electrons. The molecule has 1 aromatic rings. The van der Waals surface area contributed by atoms with E-state index in [4.69, 9.17) is 5.73 Å². The Hall–Kier alpha value is -1.56. The Bertz CT molecular complexity index is 634. The SMILES string of the molecule is Cc1cc(S(=O)(=O)C(C)C(=O)N2CCCCC2)ccc1N. The lowest BCUT2D eigenvalue weighted by Gasteiger charge is -2.29. The molecular weight excluding hydrogens is 288 g/mol. The van der Waals surface area contributed by atoms with Gasteiger partial charge in [0, 0.05) is 18.8 Å². The highest BCUT2D eigenvalue weighted by Gasteiger charge is 2.33. The van der Waals surface area contributed by atoms with E-state index in [0.717, 1.165) is 19.3 Å². The van der Waals surface area contributed by atoms with Crippen LogP contribution >= 0.6 is 0 Å². The number of likely N-dealkylation sites (tertiary alicyclic amines) is 1. The third-order valence-electron chi connectivity index (χ3n) is 4.05. The summed E-state index contributed by atoms with van der Waals surface area (Å²) in [4.78, 5) is 14.2. The summed E-state index contributed by atoms with van der Waals surface area (Å²) in [5, 5.41) is -1.06. The van der Waals surface area contributed by atoms with Crippen LogP contribution in [-0.4, -0.2) is 37.6 Å². The number of nitrogens with zero attached hydrogens (tertiary/aromatic N) is 1. The Kier molecular flexibility index (Phi) is 4.56. The van der Waals surface area contributed by atoms with Crippen molar-refractivity contribution in [1.82, 2.24) is 4.90 Å². The molecule has 0 spiro atoms. The van der Waals surface area contributed by atoms with E-state index in [1.54, 1.807) is 17.9 Å². The highest BCUT2D eigenvalue weighted by Crippen LogP contribution is 2.22. The Morgan fingerprint density at radius 2 is 1.86 bits per heavy atom. The van der Waals surface area contributed by atoms with Crippen LogP contribution in [0.4, 0.5) is 5.69 Å². The zero-order chi connectivity index (χ0) is 15.6. The fraction of sp³-hybridized carbons (Fsp3) is 0.533. The minimum Gasteiger partial charge on any atom is -0.399 e. The Morgan fingerprint density at radius 3 is 2.43 bits per heavy atom. The first kappa shape index (κ1) is 15.8. The van der Waals surface area contributed by atoms with E-state index in [-0.39, 0.29) is 10.8 Å². The number of piperidine rings is 1. The summed E-state index contributed by atoms with van der Waals surface area (Å²) in [6.45, 7) is 4.53. The number of nitrogen functional groups attached to an aromatic ring is 1. The van der Waals surface area contributed by atoms with Crippen LogP contribution in [-0.2, 0) is 14.6 Å². The summed E-state index contributed by atoms with van der Waals surface area (Å²) in [5.74, 6) is -0.302. The number of amides is 1. The van der Waals surface area contributed by atoms with Gasteiger partial charge in [-0.2, -0.15) is 0 Å². The molecule has 1 amide bonds. The van der Waals surface area contributed by atoms with Crippen LogP contribution < -0.4 is 5.73 Å². The van der Waals surface area contributed by atoms with Crippen LogP contribution in [0.3, 0.4) is 0 Å². The van der Waals surface area contributed by atoms with Gasteiger partial charge in [-0.1, -0.05) is 0 Å². The lowest BCUT2D eigenvalue weighted by molar-refractivity contribution is -0.131. The summed E-state index contributed by atoms with van der Waals surface area (Å²) < 4.78 is 25.2. The summed E-state index contributed by atoms with van der Waals surface area (Å²) in [6, 6.07) is 4.57. The van der Waals surface area contributed by atoms with Crippen LogP contribution in [0.2, 0.25) is 0 Å². The Labute approximate surface area is 126 Å². The van der Waals surface area contributed by atoms with Crippen LogP contribution in [0.15, 0.2) is 23.1 Å². The molecule has 2 N–H and O–H groups in total. The predicted molar refractivity (Wildman–Crippen MR) is 82.7 cm³/mol. The van der Waals surface area contributed by atoms with E-state index < -0.39 is 15.1 Å². The number of anilines is 1. The molecule has 1 aliphatic heterocycles. The maximum absolute atomic E-state index is 12.6. The first-order valence-corrected chi connectivity index (χ1v) is 8.77. The zero-order valence-electron chi connectivity index (χ0n) is 12.5. The van der Waals surface area contributed by atoms with Gasteiger partial charge in [0.25, 0.3) is 0 Å². The minimum atomic E-state index is -3.67. The molecule has 1 fully saturated rings. The van der Waals surface area contributed by atoms with Crippen molar-refractivity contribution < 1.29 is 13.2 Å². The molecule has 0 aromatic heterocycles. The molecule has 5 nitrogen and oxygen atoms in total. The van der Waals surface area contributed by atoms with Crippen LogP contribution in [0.5, 0.6) is 0 Å². The topological polar surface area (TPSA) is 80.5 Å². The van der Waals surface area contributed by atoms with Gasteiger partial charge in [0.15, 0.2) is 9.84 Å². The summed E-state index contributed by atoms with van der Waals surface area (Å²) in [5.41, 5.74) is 6.96. The average Bonchev–Trinajstić information content (AvgIpc) is 2.49. The van der Waals surface area contributed by atoms with Crippen molar-refractivity contribution in [2.75, 3.05) is 18.8 Å². The van der Waals surface area contributed by atoms with Gasteiger partial charge in [0.1, 0.15) is 5.25 Å². The van der Waals surface area contributed by atoms with Crippen molar-refractivity contribution >= 4 is 21.4 Å². The lowest BCUT2D eigenvalue weighted by Crippen LogP contribution is -2.44. The van der Waals surface area contributed by atoms with Gasteiger partial charge in [-0.15, -0.1) is 0 Å². The van der Waals surface area contributed by atoms with Gasteiger partial charge in [-0.3, -0.25) is 4.79 Å². The van der Waals surface area contributed by atoms with E-state index in [9.17, 15) is 13.2 Å². The average molecular weight is 310 g/mol. The normalized spacial score (nSPS) is 17.5. The molecular formula is C15H22N2O3S. The fourth-order valence-electron chi connectivity index (χ4n) is 2.53. The first-order valence-electron chi connectivity index (χ1n) is 7.23. The van der Waals surface area contributed by atoms with Gasteiger partial charge < -0.3 is 10.6 Å². The van der Waals surface area contributed by atoms with Gasteiger partial charge in [-0.25, -0.2) is 8.42 Å². The van der Waals surface area contributed by atoms with Gasteiger partial charge in [0.05, 0.1) is 4.90 Å². The van der Waals surface area contributed by atoms with Crippen molar-refractivity contribution in [3.8, 4) is 0 Å². The second kappa shape index (κ2) is 6.05. The monoisotopic (exact) mass is 310 g/mol. The van der Waals surface area contributed by atoms with Crippen LogP contribution in [0.25, 0.3) is 0 Å². The smallest absolute Gasteiger partial charge is 0.241 e. The van der Waals surface area contributed by atoms with Crippen molar-refractivity contribution in [2.45, 2.75) is 43.3 Å². The molecule has 1 aromatic carbocycles. The van der Waals surface area contributed by atoms with Gasteiger partial charge >= 0.3 is 0 Å². The number of sulfone groups is 1. The Morgan fingerprint density at radius 1 is 1.24 bits per heavy atom. The molecule has 2 rings (SSSR count). The predicted octanol–water partition coefficient (Wildman–Crippen LogP) is 1.75. The number of rotatable bonds is 3. The minimum absolute atomic E-state index is 0.159. The van der Waals surface area contributed by atoms with Gasteiger partial charge in [-0.05, 0) is 56.9 Å². The van der Waals surface area contributed by atoms with Crippen molar-refractivity contribution in [3.63, 3.8) is 0 Å². The molecule has 6 heteroatoms. The molecule has 0 bridgehead atoms. The van der Waals surface area contributed by atoms with E-state index in [1.807, 2.05) is 0 Å². The zero-order valence-corrected chi connectivity index (χ0v) is 13.3. The number of carbonyl (C=O) groups excluding carboxylic acids is 1. The molecule has 0 aliphatic carbocycles.